The SMILES string of the molecule is Cc1cccc(-c2ccc3nc(-c4cc(C)cc(C)c4C)cc(CC(C)C)c3c2)c1. The second-order valence-corrected chi connectivity index (χ2v) is 9.12. The van der Waals surface area contributed by atoms with Gasteiger partial charge in [0.2, 0.25) is 0 Å². The number of hydrogen-bond donors (Lipinski definition) is 0. The van der Waals surface area contributed by atoms with Gasteiger partial charge in [0.15, 0.2) is 0 Å². The second kappa shape index (κ2) is 8.07. The zero-order valence-electron chi connectivity index (χ0n) is 19.0. The predicted octanol–water partition coefficient (Wildman–Crippen LogP) is 8.00. The molecule has 0 radical (unpaired) electrons. The maximum atomic E-state index is 5.11. The van der Waals surface area contributed by atoms with E-state index in [4.69, 9.17) is 4.98 Å². The Labute approximate surface area is 180 Å². The van der Waals surface area contributed by atoms with Crippen LogP contribution >= 0.6 is 0 Å². The summed E-state index contributed by atoms with van der Waals surface area (Å²) in [5, 5.41) is 1.27. The Morgan fingerprint density at radius 1 is 0.767 bits per heavy atom. The van der Waals surface area contributed by atoms with E-state index in [1.54, 1.807) is 0 Å². The number of pyridine rings is 1. The van der Waals surface area contributed by atoms with Crippen molar-refractivity contribution >= 4 is 10.9 Å². The van der Waals surface area contributed by atoms with Gasteiger partial charge in [-0.05, 0) is 92.1 Å². The summed E-state index contributed by atoms with van der Waals surface area (Å²) in [5.74, 6) is 0.589. The van der Waals surface area contributed by atoms with E-state index >= 15 is 0 Å². The molecule has 0 atom stereocenters. The quantitative estimate of drug-likeness (QED) is 0.342. The minimum atomic E-state index is 0.589. The maximum Gasteiger partial charge on any atom is 0.0715 e. The summed E-state index contributed by atoms with van der Waals surface area (Å²) in [5.41, 5.74) is 12.6. The standard InChI is InChI=1S/C29H31N/c1-18(2)12-25-17-29(26-15-20(4)13-21(5)22(26)6)30-28-11-10-24(16-27(25)28)23-9-7-8-19(3)14-23/h7-11,13-18H,12H2,1-6H3. The Morgan fingerprint density at radius 2 is 1.53 bits per heavy atom. The van der Waals surface area contributed by atoms with Crippen molar-refractivity contribution in [3.8, 4) is 22.4 Å². The highest BCUT2D eigenvalue weighted by Gasteiger charge is 2.13. The summed E-state index contributed by atoms with van der Waals surface area (Å²) < 4.78 is 0. The van der Waals surface area contributed by atoms with Crippen molar-refractivity contribution in [1.29, 1.82) is 0 Å². The molecule has 4 rings (SSSR count). The number of aromatic nitrogens is 1. The lowest BCUT2D eigenvalue weighted by Crippen LogP contribution is -2.00. The smallest absolute Gasteiger partial charge is 0.0715 e. The van der Waals surface area contributed by atoms with Gasteiger partial charge >= 0.3 is 0 Å². The number of hydrogen-bond acceptors (Lipinski definition) is 1. The van der Waals surface area contributed by atoms with E-state index in [9.17, 15) is 0 Å². The lowest BCUT2D eigenvalue weighted by atomic mass is 9.92. The molecule has 0 spiro atoms. The zero-order valence-corrected chi connectivity index (χ0v) is 19.0. The first-order valence-electron chi connectivity index (χ1n) is 10.9. The van der Waals surface area contributed by atoms with E-state index in [1.807, 2.05) is 0 Å². The summed E-state index contributed by atoms with van der Waals surface area (Å²) in [7, 11) is 0. The van der Waals surface area contributed by atoms with Gasteiger partial charge in [-0.3, -0.25) is 0 Å². The first kappa shape index (κ1) is 20.3. The fourth-order valence-corrected chi connectivity index (χ4v) is 4.35. The van der Waals surface area contributed by atoms with Crippen LogP contribution in [-0.4, -0.2) is 4.98 Å². The van der Waals surface area contributed by atoms with Crippen LogP contribution in [0.3, 0.4) is 0 Å². The van der Waals surface area contributed by atoms with Crippen LogP contribution in [0.1, 0.15) is 41.7 Å². The molecule has 1 heterocycles. The van der Waals surface area contributed by atoms with Crippen LogP contribution in [0.5, 0.6) is 0 Å². The van der Waals surface area contributed by atoms with Crippen LogP contribution < -0.4 is 0 Å². The third kappa shape index (κ3) is 4.03. The highest BCUT2D eigenvalue weighted by atomic mass is 14.7. The molecule has 3 aromatic carbocycles. The van der Waals surface area contributed by atoms with Crippen molar-refractivity contribution in [3.05, 3.63) is 88.5 Å². The van der Waals surface area contributed by atoms with Crippen molar-refractivity contribution in [2.75, 3.05) is 0 Å². The molecule has 0 fully saturated rings. The lowest BCUT2D eigenvalue weighted by Gasteiger charge is -2.16. The summed E-state index contributed by atoms with van der Waals surface area (Å²) in [6.45, 7) is 13.3. The van der Waals surface area contributed by atoms with Gasteiger partial charge in [0.1, 0.15) is 0 Å². The average Bonchev–Trinajstić information content (AvgIpc) is 2.70. The minimum Gasteiger partial charge on any atom is -0.248 e. The molecule has 1 aromatic heterocycles. The van der Waals surface area contributed by atoms with Gasteiger partial charge in [-0.15, -0.1) is 0 Å². The molecule has 152 valence electrons. The first-order valence-corrected chi connectivity index (χ1v) is 10.9. The topological polar surface area (TPSA) is 12.9 Å². The van der Waals surface area contributed by atoms with Gasteiger partial charge in [0, 0.05) is 10.9 Å². The zero-order chi connectivity index (χ0) is 21.4. The van der Waals surface area contributed by atoms with Crippen molar-refractivity contribution in [3.63, 3.8) is 0 Å². The average molecular weight is 394 g/mol. The first-order chi connectivity index (χ1) is 14.3. The van der Waals surface area contributed by atoms with E-state index in [0.717, 1.165) is 17.6 Å². The van der Waals surface area contributed by atoms with Crippen LogP contribution in [0, 0.1) is 33.6 Å². The predicted molar refractivity (Wildman–Crippen MR) is 130 cm³/mol. The summed E-state index contributed by atoms with van der Waals surface area (Å²) >= 11 is 0. The summed E-state index contributed by atoms with van der Waals surface area (Å²) in [6.07, 6.45) is 1.05. The van der Waals surface area contributed by atoms with E-state index in [-0.39, 0.29) is 0 Å². The van der Waals surface area contributed by atoms with Crippen LogP contribution in [0.2, 0.25) is 0 Å². The Morgan fingerprint density at radius 3 is 2.27 bits per heavy atom. The molecule has 0 saturated heterocycles. The fraction of sp³-hybridized carbons (Fsp3) is 0.276. The fourth-order valence-electron chi connectivity index (χ4n) is 4.35. The lowest BCUT2D eigenvalue weighted by molar-refractivity contribution is 0.650. The molecule has 1 nitrogen and oxygen atoms in total. The minimum absolute atomic E-state index is 0.589. The van der Waals surface area contributed by atoms with Gasteiger partial charge in [-0.25, -0.2) is 4.98 Å². The van der Waals surface area contributed by atoms with Crippen molar-refractivity contribution in [1.82, 2.24) is 4.98 Å². The third-order valence-electron chi connectivity index (χ3n) is 5.96. The van der Waals surface area contributed by atoms with Crippen LogP contribution in [-0.2, 0) is 6.42 Å². The summed E-state index contributed by atoms with van der Waals surface area (Å²) in [6, 6.07) is 22.3. The normalized spacial score (nSPS) is 11.4. The van der Waals surface area contributed by atoms with E-state index in [0.29, 0.717) is 5.92 Å². The molecule has 0 bridgehead atoms. The molecule has 4 aromatic rings. The van der Waals surface area contributed by atoms with Gasteiger partial charge in [-0.2, -0.15) is 0 Å². The van der Waals surface area contributed by atoms with Gasteiger partial charge < -0.3 is 0 Å². The molecule has 0 N–H and O–H groups in total. The molecular formula is C29H31N. The number of nitrogens with zero attached hydrogens (tertiary/aromatic N) is 1. The maximum absolute atomic E-state index is 5.11. The Balaban J connectivity index is 1.93. The highest BCUT2D eigenvalue weighted by molar-refractivity contribution is 5.89. The number of fused-ring (bicyclic) bond motifs is 1. The Hall–Kier alpha value is -2.93. The van der Waals surface area contributed by atoms with Crippen molar-refractivity contribution in [2.45, 2.75) is 48.0 Å². The van der Waals surface area contributed by atoms with Crippen LogP contribution in [0.25, 0.3) is 33.3 Å². The number of aryl methyl sites for hydroxylation is 3. The van der Waals surface area contributed by atoms with E-state index in [1.165, 1.54) is 49.9 Å². The molecule has 30 heavy (non-hydrogen) atoms. The van der Waals surface area contributed by atoms with Crippen molar-refractivity contribution < 1.29 is 0 Å². The summed E-state index contributed by atoms with van der Waals surface area (Å²) in [4.78, 5) is 5.11. The van der Waals surface area contributed by atoms with Gasteiger partial charge in [0.25, 0.3) is 0 Å². The molecule has 0 amide bonds. The molecule has 0 aliphatic carbocycles. The number of rotatable bonds is 4. The third-order valence-corrected chi connectivity index (χ3v) is 5.96. The molecule has 0 aliphatic heterocycles. The molecule has 0 saturated carbocycles. The molecule has 1 heteroatoms. The largest absolute Gasteiger partial charge is 0.248 e. The van der Waals surface area contributed by atoms with E-state index < -0.39 is 0 Å². The van der Waals surface area contributed by atoms with Gasteiger partial charge in [-0.1, -0.05) is 61.4 Å². The van der Waals surface area contributed by atoms with Crippen molar-refractivity contribution in [2.24, 2.45) is 5.92 Å². The molecule has 0 aliphatic rings. The molecule has 0 unspecified atom stereocenters. The van der Waals surface area contributed by atoms with Crippen LogP contribution in [0.4, 0.5) is 0 Å². The Kier molecular flexibility index (Phi) is 5.47. The van der Waals surface area contributed by atoms with Gasteiger partial charge in [0.05, 0.1) is 11.2 Å². The molecular weight excluding hydrogens is 362 g/mol. The van der Waals surface area contributed by atoms with E-state index in [2.05, 4.69) is 102 Å². The monoisotopic (exact) mass is 393 g/mol. The van der Waals surface area contributed by atoms with Crippen LogP contribution in [0.15, 0.2) is 60.7 Å². The number of benzene rings is 3. The highest BCUT2D eigenvalue weighted by Crippen LogP contribution is 2.33. The second-order valence-electron chi connectivity index (χ2n) is 9.12. The Bertz CT molecular complexity index is 1230.